The minimum atomic E-state index is -4.95. The molecule has 0 aromatic carbocycles. The molecule has 0 rings (SSSR count). The highest BCUT2D eigenvalue weighted by atomic mass is 31.2. The van der Waals surface area contributed by atoms with Crippen LogP contribution in [0.15, 0.2) is 0 Å². The number of aliphatic hydroxyl groups is 1. The van der Waals surface area contributed by atoms with E-state index in [1.165, 1.54) is 167 Å². The van der Waals surface area contributed by atoms with Crippen molar-refractivity contribution in [3.05, 3.63) is 0 Å². The van der Waals surface area contributed by atoms with Gasteiger partial charge in [-0.2, -0.15) is 0 Å². The molecule has 3 N–H and O–H groups in total. The first-order chi connectivity index (χ1) is 41.5. The number of carbonyl (C=O) groups is 4. The predicted molar refractivity (Wildman–Crippen MR) is 345 cm³/mol. The first kappa shape index (κ1) is 84.1. The summed E-state index contributed by atoms with van der Waals surface area (Å²) < 4.78 is 68.1. The predicted octanol–water partition coefficient (Wildman–Crippen LogP) is 19.0. The Morgan fingerprint density at radius 1 is 0.314 bits per heavy atom. The third-order valence-corrected chi connectivity index (χ3v) is 17.4. The van der Waals surface area contributed by atoms with Gasteiger partial charge in [0.1, 0.15) is 19.3 Å². The fraction of sp³-hybridized carbons (Fsp3) is 0.940. The molecule has 2 unspecified atom stereocenters. The average molecular weight is 1270 g/mol. The van der Waals surface area contributed by atoms with Crippen molar-refractivity contribution < 1.29 is 80.2 Å². The van der Waals surface area contributed by atoms with Crippen LogP contribution in [0.1, 0.15) is 343 Å². The topological polar surface area (TPSA) is 237 Å². The molecule has 0 amide bonds. The van der Waals surface area contributed by atoms with E-state index in [2.05, 4.69) is 34.6 Å². The van der Waals surface area contributed by atoms with E-state index in [1.54, 1.807) is 0 Å². The summed E-state index contributed by atoms with van der Waals surface area (Å²) in [6.45, 7) is 7.18. The Bertz CT molecular complexity index is 1670. The third-order valence-electron chi connectivity index (χ3n) is 15.5. The van der Waals surface area contributed by atoms with Crippen molar-refractivity contribution in [2.45, 2.75) is 361 Å². The van der Waals surface area contributed by atoms with Crippen molar-refractivity contribution >= 4 is 39.5 Å². The number of unbranched alkanes of at least 4 members (excludes halogenated alkanes) is 39. The lowest BCUT2D eigenvalue weighted by Crippen LogP contribution is -2.30. The lowest BCUT2D eigenvalue weighted by atomic mass is 10.0. The number of esters is 4. The summed E-state index contributed by atoms with van der Waals surface area (Å²) in [5, 5.41) is 10.6. The molecule has 17 nitrogen and oxygen atoms in total. The normalized spacial score (nSPS) is 14.2. The molecule has 510 valence electrons. The van der Waals surface area contributed by atoms with Gasteiger partial charge in [0.25, 0.3) is 0 Å². The van der Waals surface area contributed by atoms with Gasteiger partial charge in [-0.25, -0.2) is 9.13 Å². The average Bonchev–Trinajstić information content (AvgIpc) is 3.69. The molecule has 0 spiro atoms. The van der Waals surface area contributed by atoms with Crippen LogP contribution in [0.5, 0.6) is 0 Å². The van der Waals surface area contributed by atoms with Gasteiger partial charge in [0.2, 0.25) is 0 Å². The Hall–Kier alpha value is -1.94. The van der Waals surface area contributed by atoms with Crippen LogP contribution < -0.4 is 0 Å². The molecule has 0 aliphatic rings. The number of hydrogen-bond donors (Lipinski definition) is 3. The van der Waals surface area contributed by atoms with Crippen LogP contribution in [0.3, 0.4) is 0 Å². The van der Waals surface area contributed by atoms with Crippen molar-refractivity contribution in [1.29, 1.82) is 0 Å². The van der Waals surface area contributed by atoms with Crippen LogP contribution in [0.2, 0.25) is 0 Å². The number of carbonyl (C=O) groups excluding carboxylic acids is 4. The molecule has 0 aliphatic carbocycles. The number of phosphoric ester groups is 2. The Labute approximate surface area is 524 Å². The van der Waals surface area contributed by atoms with Crippen molar-refractivity contribution in [3.63, 3.8) is 0 Å². The van der Waals surface area contributed by atoms with Gasteiger partial charge in [0.05, 0.1) is 26.4 Å². The van der Waals surface area contributed by atoms with E-state index in [0.29, 0.717) is 25.7 Å². The monoisotopic (exact) mass is 1270 g/mol. The van der Waals surface area contributed by atoms with Crippen molar-refractivity contribution in [2.24, 2.45) is 5.92 Å². The van der Waals surface area contributed by atoms with E-state index in [4.69, 9.17) is 37.0 Å². The summed E-state index contributed by atoms with van der Waals surface area (Å²) in [5.74, 6) is -1.40. The Kier molecular flexibility index (Phi) is 59.2. The second-order valence-corrected chi connectivity index (χ2v) is 27.6. The fourth-order valence-corrected chi connectivity index (χ4v) is 11.7. The van der Waals surface area contributed by atoms with Gasteiger partial charge in [0, 0.05) is 25.7 Å². The quantitative estimate of drug-likeness (QED) is 0.0222. The summed E-state index contributed by atoms with van der Waals surface area (Å²) in [7, 11) is -9.89. The molecule has 0 saturated heterocycles. The van der Waals surface area contributed by atoms with E-state index in [1.807, 2.05) is 0 Å². The molecule has 0 aliphatic heterocycles. The maximum absolute atomic E-state index is 13.0. The van der Waals surface area contributed by atoms with Crippen LogP contribution in [0, 0.1) is 5.92 Å². The van der Waals surface area contributed by atoms with Crippen LogP contribution in [0.4, 0.5) is 0 Å². The van der Waals surface area contributed by atoms with Gasteiger partial charge in [-0.15, -0.1) is 0 Å². The lowest BCUT2D eigenvalue weighted by Gasteiger charge is -2.21. The molecule has 0 saturated carbocycles. The highest BCUT2D eigenvalue weighted by Crippen LogP contribution is 2.45. The molecule has 0 fully saturated rings. The SMILES string of the molecule is CCCCCCCCCCCCCCCCCC(=O)O[C@H](COC(=O)CCCCCCCCCCC(C)C)COP(=O)(O)OC[C@@H](O)COP(=O)(O)OC[C@@H](COC(=O)CCCCCCCCCCCC)OC(=O)CCCCCCCCCCCC. The third kappa shape index (κ3) is 60.9. The largest absolute Gasteiger partial charge is 0.472 e. The van der Waals surface area contributed by atoms with Crippen LogP contribution in [0.25, 0.3) is 0 Å². The summed E-state index contributed by atoms with van der Waals surface area (Å²) in [6, 6.07) is 0. The molecule has 0 bridgehead atoms. The van der Waals surface area contributed by atoms with E-state index >= 15 is 0 Å². The number of phosphoric acid groups is 2. The summed E-state index contributed by atoms with van der Waals surface area (Å²) >= 11 is 0. The standard InChI is InChI=1S/C67H130O17P2/c1-6-9-12-15-18-21-24-25-26-27-28-31-38-43-48-53-67(72)84-63(57-78-65(70)51-46-41-36-33-32-34-39-44-49-60(4)5)59-82-86(75,76)80-55-61(68)54-79-85(73,74)81-58-62(83-66(71)52-47-42-37-30-23-20-17-14-11-8-3)56-77-64(69)50-45-40-35-29-22-19-16-13-10-7-2/h60-63,68H,6-59H2,1-5H3,(H,73,74)(H,75,76)/t61-,62+,63+/m0/s1. The molecular formula is C67H130O17P2. The molecule has 0 aromatic heterocycles. The zero-order valence-electron chi connectivity index (χ0n) is 55.4. The molecule has 5 atom stereocenters. The summed E-state index contributed by atoms with van der Waals surface area (Å²) in [5.41, 5.74) is 0. The van der Waals surface area contributed by atoms with Gasteiger partial charge >= 0.3 is 39.5 Å². The van der Waals surface area contributed by atoms with Crippen LogP contribution in [-0.2, 0) is 65.4 Å². The maximum Gasteiger partial charge on any atom is 0.472 e. The van der Waals surface area contributed by atoms with Gasteiger partial charge in [-0.3, -0.25) is 37.3 Å². The highest BCUT2D eigenvalue weighted by molar-refractivity contribution is 7.47. The van der Waals surface area contributed by atoms with Gasteiger partial charge in [-0.1, -0.05) is 291 Å². The number of hydrogen-bond acceptors (Lipinski definition) is 15. The van der Waals surface area contributed by atoms with Crippen LogP contribution in [-0.4, -0.2) is 96.7 Å². The first-order valence-electron chi connectivity index (χ1n) is 35.1. The zero-order chi connectivity index (χ0) is 63.5. The van der Waals surface area contributed by atoms with Crippen molar-refractivity contribution in [1.82, 2.24) is 0 Å². The Balaban J connectivity index is 5.23. The van der Waals surface area contributed by atoms with Crippen molar-refractivity contribution in [3.8, 4) is 0 Å². The molecule has 0 radical (unpaired) electrons. The minimum Gasteiger partial charge on any atom is -0.462 e. The Morgan fingerprint density at radius 2 is 0.535 bits per heavy atom. The fourth-order valence-electron chi connectivity index (χ4n) is 10.1. The molecule has 0 aromatic rings. The zero-order valence-corrected chi connectivity index (χ0v) is 57.2. The summed E-state index contributed by atoms with van der Waals surface area (Å²) in [6.07, 6.45) is 45.7. The smallest absolute Gasteiger partial charge is 0.462 e. The number of rotatable bonds is 67. The lowest BCUT2D eigenvalue weighted by molar-refractivity contribution is -0.161. The molecule has 0 heterocycles. The number of ether oxygens (including phenoxy) is 4. The second-order valence-electron chi connectivity index (χ2n) is 24.7. The second kappa shape index (κ2) is 60.6. The Morgan fingerprint density at radius 3 is 0.791 bits per heavy atom. The van der Waals surface area contributed by atoms with Gasteiger partial charge in [0.15, 0.2) is 12.2 Å². The number of aliphatic hydroxyl groups excluding tert-OH is 1. The van der Waals surface area contributed by atoms with E-state index in [-0.39, 0.29) is 25.7 Å². The molecule has 19 heteroatoms. The van der Waals surface area contributed by atoms with Crippen molar-refractivity contribution in [2.75, 3.05) is 39.6 Å². The maximum atomic E-state index is 13.0. The molecular weight excluding hydrogens is 1140 g/mol. The van der Waals surface area contributed by atoms with Gasteiger partial charge in [-0.05, 0) is 31.6 Å². The summed E-state index contributed by atoms with van der Waals surface area (Å²) in [4.78, 5) is 72.3. The van der Waals surface area contributed by atoms with E-state index in [0.717, 1.165) is 95.8 Å². The van der Waals surface area contributed by atoms with E-state index < -0.39 is 97.5 Å². The van der Waals surface area contributed by atoms with Gasteiger partial charge < -0.3 is 33.8 Å². The van der Waals surface area contributed by atoms with Crippen LogP contribution >= 0.6 is 15.6 Å². The first-order valence-corrected chi connectivity index (χ1v) is 38.1. The highest BCUT2D eigenvalue weighted by Gasteiger charge is 2.30. The molecule has 86 heavy (non-hydrogen) atoms. The minimum absolute atomic E-state index is 0.107. The van der Waals surface area contributed by atoms with E-state index in [9.17, 15) is 43.2 Å².